The molecule has 0 bridgehead atoms. The number of rotatable bonds is 3. The van der Waals surface area contributed by atoms with E-state index in [1.54, 1.807) is 23.1 Å². The molecule has 158 valence electrons. The van der Waals surface area contributed by atoms with Crippen LogP contribution in [0.5, 0.6) is 0 Å². The van der Waals surface area contributed by atoms with Gasteiger partial charge in [-0.2, -0.15) is 0 Å². The minimum absolute atomic E-state index is 0.0341. The predicted molar refractivity (Wildman–Crippen MR) is 122 cm³/mol. The summed E-state index contributed by atoms with van der Waals surface area (Å²) in [6.07, 6.45) is 1.12. The lowest BCUT2D eigenvalue weighted by molar-refractivity contribution is -0.117. The van der Waals surface area contributed by atoms with Crippen molar-refractivity contribution in [3.63, 3.8) is 0 Å². The zero-order valence-electron chi connectivity index (χ0n) is 17.3. The second-order valence-corrected chi connectivity index (χ2v) is 8.75. The lowest BCUT2D eigenvalue weighted by atomic mass is 10.0. The topological polar surface area (TPSA) is 64.2 Å². The molecule has 4 aromatic rings. The van der Waals surface area contributed by atoms with E-state index in [1.807, 2.05) is 33.0 Å². The molecule has 0 unspecified atom stereocenters. The molecule has 1 aliphatic heterocycles. The number of fused-ring (bicyclic) bond motifs is 1. The summed E-state index contributed by atoms with van der Waals surface area (Å²) < 4.78 is 7.38. The van der Waals surface area contributed by atoms with Gasteiger partial charge in [0.1, 0.15) is 11.6 Å². The average molecular weight is 455 g/mol. The number of nitrogens with zero attached hydrogens (tertiary/aromatic N) is 4. The van der Waals surface area contributed by atoms with Crippen LogP contribution in [0.4, 0.5) is 5.69 Å². The van der Waals surface area contributed by atoms with Gasteiger partial charge in [0.25, 0.3) is 0 Å². The molecule has 6 nitrogen and oxygen atoms in total. The zero-order valence-corrected chi connectivity index (χ0v) is 18.8. The van der Waals surface area contributed by atoms with E-state index < -0.39 is 0 Å². The summed E-state index contributed by atoms with van der Waals surface area (Å²) in [5, 5.41) is 5.05. The Morgan fingerprint density at radius 3 is 2.52 bits per heavy atom. The van der Waals surface area contributed by atoms with Crippen LogP contribution in [0.1, 0.15) is 36.2 Å². The highest BCUT2D eigenvalue weighted by Crippen LogP contribution is 2.40. The highest BCUT2D eigenvalue weighted by Gasteiger charge is 2.36. The first kappa shape index (κ1) is 20.1. The molecule has 8 heteroatoms. The number of carbonyl (C=O) groups excluding carboxylic acids is 1. The third-order valence-corrected chi connectivity index (χ3v) is 6.31. The monoisotopic (exact) mass is 454 g/mol. The van der Waals surface area contributed by atoms with Gasteiger partial charge in [0, 0.05) is 34.8 Å². The lowest BCUT2D eigenvalue weighted by Crippen LogP contribution is -2.28. The van der Waals surface area contributed by atoms with Crippen LogP contribution in [0, 0.1) is 13.8 Å². The molecule has 5 rings (SSSR count). The number of amides is 1. The lowest BCUT2D eigenvalue weighted by Gasteiger charge is -2.25. The van der Waals surface area contributed by atoms with E-state index in [4.69, 9.17) is 32.7 Å². The second kappa shape index (κ2) is 7.39. The molecule has 2 aromatic carbocycles. The van der Waals surface area contributed by atoms with E-state index in [9.17, 15) is 4.79 Å². The van der Waals surface area contributed by atoms with Gasteiger partial charge in [-0.1, -0.05) is 34.4 Å². The smallest absolute Gasteiger partial charge is 0.227 e. The summed E-state index contributed by atoms with van der Waals surface area (Å²) in [6.45, 7) is 3.83. The van der Waals surface area contributed by atoms with E-state index in [0.717, 1.165) is 39.4 Å². The maximum atomic E-state index is 12.8. The molecule has 1 aliphatic rings. The molecule has 0 aliphatic carbocycles. The van der Waals surface area contributed by atoms with Gasteiger partial charge < -0.3 is 14.0 Å². The number of hydrogen-bond donors (Lipinski definition) is 0. The van der Waals surface area contributed by atoms with Crippen LogP contribution >= 0.6 is 23.2 Å². The van der Waals surface area contributed by atoms with Crippen molar-refractivity contribution in [1.82, 2.24) is 14.7 Å². The molecule has 31 heavy (non-hydrogen) atoms. The SMILES string of the molecule is Cc1noc(C)c1-c1ccc2c(c1)nc([C@@H]1CCC(=O)N1c1cc(Cl)cc(Cl)c1)n2C. The maximum Gasteiger partial charge on any atom is 0.227 e. The molecule has 1 fully saturated rings. The van der Waals surface area contributed by atoms with Gasteiger partial charge in [-0.25, -0.2) is 4.98 Å². The Morgan fingerprint density at radius 2 is 1.84 bits per heavy atom. The van der Waals surface area contributed by atoms with Gasteiger partial charge in [-0.3, -0.25) is 4.79 Å². The molecule has 0 saturated carbocycles. The van der Waals surface area contributed by atoms with Crippen molar-refractivity contribution in [3.05, 3.63) is 63.7 Å². The van der Waals surface area contributed by atoms with Crippen molar-refractivity contribution in [2.24, 2.45) is 7.05 Å². The van der Waals surface area contributed by atoms with E-state index in [0.29, 0.717) is 28.6 Å². The van der Waals surface area contributed by atoms with Gasteiger partial charge in [-0.05, 0) is 56.2 Å². The molecule has 1 atom stereocenters. The van der Waals surface area contributed by atoms with Crippen LogP contribution < -0.4 is 4.90 Å². The number of aromatic nitrogens is 3. The van der Waals surface area contributed by atoms with Gasteiger partial charge in [0.05, 0.1) is 22.8 Å². The maximum absolute atomic E-state index is 12.8. The van der Waals surface area contributed by atoms with Gasteiger partial charge in [0.2, 0.25) is 5.91 Å². The molecule has 0 N–H and O–H groups in total. The Hall–Kier alpha value is -2.83. The summed E-state index contributed by atoms with van der Waals surface area (Å²) in [4.78, 5) is 19.5. The Balaban J connectivity index is 1.61. The molecular formula is C23H20Cl2N4O2. The van der Waals surface area contributed by atoms with Crippen molar-refractivity contribution < 1.29 is 9.32 Å². The minimum Gasteiger partial charge on any atom is -0.361 e. The average Bonchev–Trinajstić information content (AvgIpc) is 3.36. The second-order valence-electron chi connectivity index (χ2n) is 7.88. The van der Waals surface area contributed by atoms with Crippen LogP contribution in [0.15, 0.2) is 40.9 Å². The number of carbonyl (C=O) groups is 1. The van der Waals surface area contributed by atoms with Crippen LogP contribution in [-0.2, 0) is 11.8 Å². The Kier molecular flexibility index (Phi) is 4.79. The zero-order chi connectivity index (χ0) is 21.9. The Bertz CT molecular complexity index is 1300. The molecule has 0 radical (unpaired) electrons. The van der Waals surface area contributed by atoms with Crippen molar-refractivity contribution >= 4 is 45.8 Å². The largest absolute Gasteiger partial charge is 0.361 e. The summed E-state index contributed by atoms with van der Waals surface area (Å²) in [5.74, 6) is 1.64. The first-order valence-electron chi connectivity index (χ1n) is 10.0. The van der Waals surface area contributed by atoms with Crippen LogP contribution in [0.25, 0.3) is 22.2 Å². The Labute approximate surface area is 189 Å². The van der Waals surface area contributed by atoms with Crippen molar-refractivity contribution in [2.45, 2.75) is 32.7 Å². The van der Waals surface area contributed by atoms with E-state index in [-0.39, 0.29) is 11.9 Å². The molecule has 2 aromatic heterocycles. The van der Waals surface area contributed by atoms with Gasteiger partial charge in [0.15, 0.2) is 0 Å². The minimum atomic E-state index is -0.193. The van der Waals surface area contributed by atoms with Crippen molar-refractivity contribution in [2.75, 3.05) is 4.90 Å². The van der Waals surface area contributed by atoms with Gasteiger partial charge >= 0.3 is 0 Å². The number of imidazole rings is 1. The fourth-order valence-corrected chi connectivity index (χ4v) is 5.01. The van der Waals surface area contributed by atoms with Crippen molar-refractivity contribution in [1.29, 1.82) is 0 Å². The highest BCUT2D eigenvalue weighted by molar-refractivity contribution is 6.35. The first-order valence-corrected chi connectivity index (χ1v) is 10.8. The number of anilines is 1. The fourth-order valence-electron chi connectivity index (χ4n) is 4.50. The van der Waals surface area contributed by atoms with Crippen LogP contribution in [-0.4, -0.2) is 20.6 Å². The third-order valence-electron chi connectivity index (χ3n) is 5.87. The first-order chi connectivity index (χ1) is 14.8. The van der Waals surface area contributed by atoms with Crippen molar-refractivity contribution in [3.8, 4) is 11.1 Å². The molecular weight excluding hydrogens is 435 g/mol. The van der Waals surface area contributed by atoms with E-state index in [2.05, 4.69) is 15.8 Å². The quantitative estimate of drug-likeness (QED) is 0.379. The summed E-state index contributed by atoms with van der Waals surface area (Å²) in [7, 11) is 1.98. The van der Waals surface area contributed by atoms with Crippen LogP contribution in [0.2, 0.25) is 10.0 Å². The molecule has 0 spiro atoms. The summed E-state index contributed by atoms with van der Waals surface area (Å²) >= 11 is 12.4. The number of aryl methyl sites for hydroxylation is 3. The predicted octanol–water partition coefficient (Wildman–Crippen LogP) is 6.02. The number of benzene rings is 2. The van der Waals surface area contributed by atoms with Crippen LogP contribution in [0.3, 0.4) is 0 Å². The molecule has 3 heterocycles. The summed E-state index contributed by atoms with van der Waals surface area (Å²) in [6, 6.07) is 11.1. The highest BCUT2D eigenvalue weighted by atomic mass is 35.5. The Morgan fingerprint density at radius 1 is 1.10 bits per heavy atom. The number of halogens is 2. The van der Waals surface area contributed by atoms with E-state index >= 15 is 0 Å². The molecule has 1 amide bonds. The molecule has 1 saturated heterocycles. The van der Waals surface area contributed by atoms with Gasteiger partial charge in [-0.15, -0.1) is 0 Å². The fraction of sp³-hybridized carbons (Fsp3) is 0.261. The third kappa shape index (κ3) is 3.30. The number of hydrogen-bond acceptors (Lipinski definition) is 4. The summed E-state index contributed by atoms with van der Waals surface area (Å²) in [5.41, 5.74) is 5.38. The standard InChI is InChI=1S/C23H20Cl2N4O2/c1-12-22(13(2)31-27-12)14-4-5-19-18(8-14)26-23(28(19)3)20-6-7-21(30)29(20)17-10-15(24)9-16(25)11-17/h4-5,8-11,20H,6-7H2,1-3H3/t20-/m0/s1. The van der Waals surface area contributed by atoms with E-state index in [1.165, 1.54) is 0 Å². The normalized spacial score (nSPS) is 16.6.